The van der Waals surface area contributed by atoms with Gasteiger partial charge in [0.05, 0.1) is 0 Å². The number of hydrogen-bond donors (Lipinski definition) is 0. The van der Waals surface area contributed by atoms with Gasteiger partial charge in [-0.2, -0.15) is 0 Å². The molecule has 0 aliphatic heterocycles. The Bertz CT molecular complexity index is 314. The fourth-order valence-corrected chi connectivity index (χ4v) is 1.23. The molecule has 72 valence electrons. The van der Waals surface area contributed by atoms with Crippen LogP contribution in [0.3, 0.4) is 0 Å². The van der Waals surface area contributed by atoms with Gasteiger partial charge in [0.15, 0.2) is 0 Å². The molecule has 0 saturated heterocycles. The molecule has 0 unspecified atom stereocenters. The van der Waals surface area contributed by atoms with Gasteiger partial charge in [-0.05, 0) is 56.1 Å². The highest BCUT2D eigenvalue weighted by Crippen LogP contribution is 2.00. The van der Waals surface area contributed by atoms with E-state index in [1.165, 1.54) is 0 Å². The minimum absolute atomic E-state index is 0.884. The SMILES string of the molecule is Brc1ccccn1.Brc1ccccn1. The van der Waals surface area contributed by atoms with Gasteiger partial charge in [0.25, 0.3) is 0 Å². The van der Waals surface area contributed by atoms with Crippen LogP contribution in [0.5, 0.6) is 0 Å². The monoisotopic (exact) mass is 314 g/mol. The molecule has 0 atom stereocenters. The van der Waals surface area contributed by atoms with Crippen LogP contribution in [0.4, 0.5) is 0 Å². The van der Waals surface area contributed by atoms with E-state index in [-0.39, 0.29) is 0 Å². The number of halogens is 2. The number of aromatic nitrogens is 2. The van der Waals surface area contributed by atoms with Crippen LogP contribution in [0.2, 0.25) is 0 Å². The van der Waals surface area contributed by atoms with E-state index in [0.717, 1.165) is 9.21 Å². The Morgan fingerprint density at radius 1 is 0.714 bits per heavy atom. The molecule has 0 aliphatic carbocycles. The van der Waals surface area contributed by atoms with Crippen LogP contribution < -0.4 is 0 Å². The second-order valence-electron chi connectivity index (χ2n) is 2.30. The summed E-state index contributed by atoms with van der Waals surface area (Å²) in [5.74, 6) is 0. The molecule has 4 heteroatoms. The van der Waals surface area contributed by atoms with E-state index < -0.39 is 0 Å². The van der Waals surface area contributed by atoms with Crippen LogP contribution >= 0.6 is 31.9 Å². The molecule has 0 aliphatic rings. The average Bonchev–Trinajstić information content (AvgIpc) is 2.21. The lowest BCUT2D eigenvalue weighted by atomic mass is 10.5. The van der Waals surface area contributed by atoms with E-state index in [9.17, 15) is 0 Å². The molecular formula is C10H8Br2N2. The third-order valence-electron chi connectivity index (χ3n) is 1.26. The quantitative estimate of drug-likeness (QED) is 0.693. The summed E-state index contributed by atoms with van der Waals surface area (Å²) >= 11 is 6.40. The first-order valence-corrected chi connectivity index (χ1v) is 5.50. The Labute approximate surface area is 99.7 Å². The molecular weight excluding hydrogens is 308 g/mol. The molecule has 0 N–H and O–H groups in total. The fraction of sp³-hybridized carbons (Fsp3) is 0. The third-order valence-corrected chi connectivity index (χ3v) is 2.20. The lowest BCUT2D eigenvalue weighted by Gasteiger charge is -1.80. The highest BCUT2D eigenvalue weighted by molar-refractivity contribution is 9.10. The van der Waals surface area contributed by atoms with Crippen LogP contribution in [0.1, 0.15) is 0 Å². The zero-order chi connectivity index (χ0) is 10.2. The minimum atomic E-state index is 0.884. The van der Waals surface area contributed by atoms with Crippen molar-refractivity contribution in [3.8, 4) is 0 Å². The second-order valence-corrected chi connectivity index (χ2v) is 3.93. The molecule has 0 radical (unpaired) electrons. The Hall–Kier alpha value is -0.740. The van der Waals surface area contributed by atoms with Crippen molar-refractivity contribution in [2.75, 3.05) is 0 Å². The zero-order valence-corrected chi connectivity index (χ0v) is 10.4. The molecule has 0 fully saturated rings. The van der Waals surface area contributed by atoms with Crippen LogP contribution in [-0.4, -0.2) is 9.97 Å². The first-order chi connectivity index (χ1) is 6.79. The van der Waals surface area contributed by atoms with Gasteiger partial charge in [-0.15, -0.1) is 0 Å². The Kier molecular flexibility index (Phi) is 5.40. The van der Waals surface area contributed by atoms with Gasteiger partial charge in [-0.3, -0.25) is 0 Å². The first-order valence-electron chi connectivity index (χ1n) is 3.92. The van der Waals surface area contributed by atoms with Crippen molar-refractivity contribution in [3.05, 3.63) is 58.0 Å². The van der Waals surface area contributed by atoms with E-state index in [0.29, 0.717) is 0 Å². The highest BCUT2D eigenvalue weighted by Gasteiger charge is 1.76. The summed E-state index contributed by atoms with van der Waals surface area (Å²) < 4.78 is 1.77. The lowest BCUT2D eigenvalue weighted by Crippen LogP contribution is -1.66. The van der Waals surface area contributed by atoms with E-state index in [2.05, 4.69) is 41.8 Å². The van der Waals surface area contributed by atoms with Crippen molar-refractivity contribution in [3.63, 3.8) is 0 Å². The summed E-state index contributed by atoms with van der Waals surface area (Å²) in [7, 11) is 0. The first kappa shape index (κ1) is 11.3. The lowest BCUT2D eigenvalue weighted by molar-refractivity contribution is 1.28. The van der Waals surface area contributed by atoms with Crippen molar-refractivity contribution >= 4 is 31.9 Å². The molecule has 14 heavy (non-hydrogen) atoms. The normalized spacial score (nSPS) is 8.71. The standard InChI is InChI=1S/2C5H4BrN/c2*6-5-3-1-2-4-7-5/h2*1-4H. The summed E-state index contributed by atoms with van der Waals surface area (Å²) in [6.45, 7) is 0. The summed E-state index contributed by atoms with van der Waals surface area (Å²) in [5, 5.41) is 0. The fourth-order valence-electron chi connectivity index (χ4n) is 0.684. The van der Waals surface area contributed by atoms with Gasteiger partial charge < -0.3 is 0 Å². The van der Waals surface area contributed by atoms with Crippen molar-refractivity contribution in [1.29, 1.82) is 0 Å². The Morgan fingerprint density at radius 3 is 1.29 bits per heavy atom. The predicted octanol–water partition coefficient (Wildman–Crippen LogP) is 3.69. The molecule has 2 aromatic rings. The van der Waals surface area contributed by atoms with Gasteiger partial charge >= 0.3 is 0 Å². The van der Waals surface area contributed by atoms with Gasteiger partial charge in [-0.25, -0.2) is 9.97 Å². The topological polar surface area (TPSA) is 25.8 Å². The molecule has 2 aromatic heterocycles. The Morgan fingerprint density at radius 2 is 1.14 bits per heavy atom. The van der Waals surface area contributed by atoms with E-state index in [1.807, 2.05) is 36.4 Å². The number of nitrogens with zero attached hydrogens (tertiary/aromatic N) is 2. The molecule has 2 heterocycles. The van der Waals surface area contributed by atoms with E-state index in [1.54, 1.807) is 12.4 Å². The summed E-state index contributed by atoms with van der Waals surface area (Å²) in [6, 6.07) is 11.4. The predicted molar refractivity (Wildman–Crippen MR) is 63.9 cm³/mol. The minimum Gasteiger partial charge on any atom is -0.249 e. The maximum Gasteiger partial charge on any atom is 0.106 e. The van der Waals surface area contributed by atoms with Crippen LogP contribution in [0.15, 0.2) is 58.0 Å². The molecule has 0 amide bonds. The van der Waals surface area contributed by atoms with Crippen LogP contribution in [-0.2, 0) is 0 Å². The molecule has 0 aromatic carbocycles. The van der Waals surface area contributed by atoms with Gasteiger partial charge in [0.2, 0.25) is 0 Å². The number of pyridine rings is 2. The van der Waals surface area contributed by atoms with Crippen molar-refractivity contribution in [1.82, 2.24) is 9.97 Å². The maximum atomic E-state index is 3.90. The average molecular weight is 316 g/mol. The molecule has 0 spiro atoms. The highest BCUT2D eigenvalue weighted by atomic mass is 79.9. The van der Waals surface area contributed by atoms with E-state index >= 15 is 0 Å². The smallest absolute Gasteiger partial charge is 0.106 e. The van der Waals surface area contributed by atoms with E-state index in [4.69, 9.17) is 0 Å². The van der Waals surface area contributed by atoms with Crippen LogP contribution in [0, 0.1) is 0 Å². The number of hydrogen-bond acceptors (Lipinski definition) is 2. The number of rotatable bonds is 0. The summed E-state index contributed by atoms with van der Waals surface area (Å²) in [6.07, 6.45) is 3.48. The van der Waals surface area contributed by atoms with Crippen molar-refractivity contribution in [2.24, 2.45) is 0 Å². The summed E-state index contributed by atoms with van der Waals surface area (Å²) in [4.78, 5) is 7.79. The molecule has 2 nitrogen and oxygen atoms in total. The van der Waals surface area contributed by atoms with Crippen molar-refractivity contribution in [2.45, 2.75) is 0 Å². The Balaban J connectivity index is 0.000000140. The van der Waals surface area contributed by atoms with Crippen molar-refractivity contribution < 1.29 is 0 Å². The van der Waals surface area contributed by atoms with Gasteiger partial charge in [0.1, 0.15) is 9.21 Å². The van der Waals surface area contributed by atoms with Gasteiger partial charge in [0, 0.05) is 12.4 Å². The second kappa shape index (κ2) is 6.68. The molecule has 0 bridgehead atoms. The molecule has 0 saturated carbocycles. The largest absolute Gasteiger partial charge is 0.249 e. The maximum absolute atomic E-state index is 3.90. The third kappa shape index (κ3) is 5.09. The summed E-state index contributed by atoms with van der Waals surface area (Å²) in [5.41, 5.74) is 0. The van der Waals surface area contributed by atoms with Gasteiger partial charge in [-0.1, -0.05) is 12.1 Å². The molecule has 2 rings (SSSR count). The van der Waals surface area contributed by atoms with Crippen LogP contribution in [0.25, 0.3) is 0 Å². The zero-order valence-electron chi connectivity index (χ0n) is 7.27.